The molecule has 1 aliphatic rings. The van der Waals surface area contributed by atoms with Gasteiger partial charge in [0.1, 0.15) is 11.3 Å². The van der Waals surface area contributed by atoms with E-state index in [1.54, 1.807) is 47.8 Å². The molecule has 2 atom stereocenters. The van der Waals surface area contributed by atoms with Gasteiger partial charge in [-0.1, -0.05) is 6.92 Å². The Balaban J connectivity index is 1.96. The zero-order valence-corrected chi connectivity index (χ0v) is 18.2. The van der Waals surface area contributed by atoms with Gasteiger partial charge in [-0.3, -0.25) is 4.79 Å². The molecule has 0 amide bonds. The minimum Gasteiger partial charge on any atom is -0.497 e. The van der Waals surface area contributed by atoms with Gasteiger partial charge < -0.3 is 24.7 Å². The third kappa shape index (κ3) is 3.80. The molecule has 0 spiro atoms. The molecule has 2 aromatic heterocycles. The van der Waals surface area contributed by atoms with E-state index in [-0.39, 0.29) is 41.0 Å². The number of hydrogen-bond acceptors (Lipinski definition) is 7. The number of fused-ring (bicyclic) bond motifs is 1. The van der Waals surface area contributed by atoms with Crippen LogP contribution in [0.15, 0.2) is 41.3 Å². The van der Waals surface area contributed by atoms with Crippen molar-refractivity contribution in [2.75, 3.05) is 31.7 Å². The molecule has 1 aliphatic heterocycles. The van der Waals surface area contributed by atoms with Gasteiger partial charge in [0.15, 0.2) is 17.3 Å². The number of halogens is 1. The fraction of sp³-hybridized carbons (Fsp3) is 0.348. The summed E-state index contributed by atoms with van der Waals surface area (Å²) in [6.07, 6.45) is 1.39. The van der Waals surface area contributed by atoms with Crippen molar-refractivity contribution in [3.05, 3.63) is 58.1 Å². The van der Waals surface area contributed by atoms with E-state index in [1.807, 2.05) is 6.92 Å². The molecule has 1 fully saturated rings. The van der Waals surface area contributed by atoms with E-state index in [1.165, 1.54) is 6.20 Å². The van der Waals surface area contributed by atoms with Gasteiger partial charge in [0.25, 0.3) is 0 Å². The Kier molecular flexibility index (Phi) is 5.84. The zero-order chi connectivity index (χ0) is 23.0. The van der Waals surface area contributed by atoms with E-state index >= 15 is 4.39 Å². The molecule has 0 aliphatic carbocycles. The highest BCUT2D eigenvalue weighted by molar-refractivity contribution is 5.94. The number of esters is 1. The number of methoxy groups -OCH3 is 1. The maximum Gasteiger partial charge on any atom is 0.343 e. The summed E-state index contributed by atoms with van der Waals surface area (Å²) in [7, 11) is 1.56. The molecule has 3 heterocycles. The van der Waals surface area contributed by atoms with Crippen molar-refractivity contribution in [2.45, 2.75) is 19.9 Å². The fourth-order valence-corrected chi connectivity index (χ4v) is 3.90. The van der Waals surface area contributed by atoms with E-state index in [0.29, 0.717) is 24.5 Å². The summed E-state index contributed by atoms with van der Waals surface area (Å²) in [5, 5.41) is -0.0100. The normalized spacial score (nSPS) is 18.2. The lowest BCUT2D eigenvalue weighted by Gasteiger charge is -2.20. The van der Waals surface area contributed by atoms with E-state index in [0.717, 1.165) is 6.07 Å². The lowest BCUT2D eigenvalue weighted by atomic mass is 10.1. The Bertz CT molecular complexity index is 1220. The number of rotatable bonds is 5. The molecule has 9 heteroatoms. The highest BCUT2D eigenvalue weighted by Crippen LogP contribution is 2.28. The van der Waals surface area contributed by atoms with Crippen LogP contribution in [-0.2, 0) is 4.74 Å². The molecule has 2 N–H and O–H groups in total. The largest absolute Gasteiger partial charge is 0.497 e. The van der Waals surface area contributed by atoms with E-state index < -0.39 is 17.2 Å². The number of carbonyl (C=O) groups is 1. The molecule has 0 radical (unpaired) electrons. The summed E-state index contributed by atoms with van der Waals surface area (Å²) in [6.45, 7) is 4.78. The summed E-state index contributed by atoms with van der Waals surface area (Å²) in [5.74, 6) is -0.460. The third-order valence-electron chi connectivity index (χ3n) is 5.73. The molecule has 4 rings (SSSR count). The van der Waals surface area contributed by atoms with E-state index in [2.05, 4.69) is 4.98 Å². The second-order valence-electron chi connectivity index (χ2n) is 7.87. The molecule has 0 saturated carbocycles. The first kappa shape index (κ1) is 21.8. The predicted molar refractivity (Wildman–Crippen MR) is 119 cm³/mol. The average molecular weight is 440 g/mol. The first-order valence-electron chi connectivity index (χ1n) is 10.4. The van der Waals surface area contributed by atoms with Crippen molar-refractivity contribution < 1.29 is 18.7 Å². The van der Waals surface area contributed by atoms with Crippen molar-refractivity contribution in [2.24, 2.45) is 11.7 Å². The quantitative estimate of drug-likeness (QED) is 0.609. The smallest absolute Gasteiger partial charge is 0.343 e. The number of carbonyl (C=O) groups excluding carboxylic acids is 1. The number of nitrogens with zero attached hydrogens (tertiary/aromatic N) is 3. The van der Waals surface area contributed by atoms with Crippen molar-refractivity contribution in [3.8, 4) is 11.4 Å². The lowest BCUT2D eigenvalue weighted by molar-refractivity contribution is 0.0524. The van der Waals surface area contributed by atoms with Gasteiger partial charge in [-0.25, -0.2) is 14.2 Å². The van der Waals surface area contributed by atoms with Crippen molar-refractivity contribution in [3.63, 3.8) is 0 Å². The maximum absolute atomic E-state index is 15.1. The summed E-state index contributed by atoms with van der Waals surface area (Å²) < 4.78 is 26.9. The number of anilines is 1. The highest BCUT2D eigenvalue weighted by atomic mass is 19.1. The molecule has 168 valence electrons. The van der Waals surface area contributed by atoms with Gasteiger partial charge in [0.05, 0.1) is 19.1 Å². The number of hydrogen-bond donors (Lipinski definition) is 1. The third-order valence-corrected chi connectivity index (χ3v) is 5.73. The summed E-state index contributed by atoms with van der Waals surface area (Å²) in [5.41, 5.74) is 6.14. The van der Waals surface area contributed by atoms with Crippen molar-refractivity contribution in [1.29, 1.82) is 0 Å². The van der Waals surface area contributed by atoms with Crippen LogP contribution >= 0.6 is 0 Å². The van der Waals surface area contributed by atoms with E-state index in [4.69, 9.17) is 15.2 Å². The van der Waals surface area contributed by atoms with Crippen LogP contribution in [0, 0.1) is 11.7 Å². The molecular formula is C23H25FN4O4. The monoisotopic (exact) mass is 440 g/mol. The summed E-state index contributed by atoms with van der Waals surface area (Å²) >= 11 is 0. The van der Waals surface area contributed by atoms with Gasteiger partial charge >= 0.3 is 5.97 Å². The Labute approximate surface area is 184 Å². The standard InChI is InChI=1S/C23H25FN4O4/c1-4-32-23(30)17-11-28(14-5-7-15(31-3)8-6-14)21-16(20(17)29)9-18(24)22(26-21)27-10-13(2)19(25)12-27/h5-9,11,13,19H,4,10,12,25H2,1-3H3/t13-,19+/m0/s1. The highest BCUT2D eigenvalue weighted by Gasteiger charge is 2.30. The second kappa shape index (κ2) is 8.58. The molecule has 8 nitrogen and oxygen atoms in total. The zero-order valence-electron chi connectivity index (χ0n) is 18.2. The van der Waals surface area contributed by atoms with Crippen LogP contribution in [0.25, 0.3) is 16.7 Å². The lowest BCUT2D eigenvalue weighted by Crippen LogP contribution is -2.29. The Morgan fingerprint density at radius 3 is 2.59 bits per heavy atom. The van der Waals surface area contributed by atoms with Crippen LogP contribution < -0.4 is 20.8 Å². The van der Waals surface area contributed by atoms with Crippen molar-refractivity contribution in [1.82, 2.24) is 9.55 Å². The fourth-order valence-electron chi connectivity index (χ4n) is 3.90. The minimum atomic E-state index is -0.773. The first-order valence-corrected chi connectivity index (χ1v) is 10.4. The molecule has 0 bridgehead atoms. The van der Waals surface area contributed by atoms with Gasteiger partial charge in [0, 0.05) is 31.0 Å². The average Bonchev–Trinajstić information content (AvgIpc) is 3.12. The Morgan fingerprint density at radius 1 is 1.28 bits per heavy atom. The molecule has 0 unspecified atom stereocenters. The van der Waals surface area contributed by atoms with Crippen LogP contribution in [0.2, 0.25) is 0 Å². The van der Waals surface area contributed by atoms with Gasteiger partial charge in [-0.15, -0.1) is 0 Å². The number of ether oxygens (including phenoxy) is 2. The number of benzene rings is 1. The molecule has 1 aromatic carbocycles. The SMILES string of the molecule is CCOC(=O)c1cn(-c2ccc(OC)cc2)c2nc(N3C[C@@H](N)[C@@H](C)C3)c(F)cc2c1=O. The number of nitrogens with two attached hydrogens (primary N) is 1. The van der Waals surface area contributed by atoms with Crippen LogP contribution in [0.3, 0.4) is 0 Å². The summed E-state index contributed by atoms with van der Waals surface area (Å²) in [6, 6.07) is 8.05. The predicted octanol–water partition coefficient (Wildman–Crippen LogP) is 2.49. The molecule has 3 aromatic rings. The van der Waals surface area contributed by atoms with Gasteiger partial charge in [-0.05, 0) is 43.2 Å². The number of aromatic nitrogens is 2. The van der Waals surface area contributed by atoms with E-state index in [9.17, 15) is 9.59 Å². The molecular weight excluding hydrogens is 415 g/mol. The van der Waals surface area contributed by atoms with Crippen LogP contribution in [0.5, 0.6) is 5.75 Å². The molecule has 32 heavy (non-hydrogen) atoms. The molecule has 1 saturated heterocycles. The second-order valence-corrected chi connectivity index (χ2v) is 7.87. The Morgan fingerprint density at radius 2 is 2.00 bits per heavy atom. The maximum atomic E-state index is 15.1. The topological polar surface area (TPSA) is 99.7 Å². The van der Waals surface area contributed by atoms with Gasteiger partial charge in [0.2, 0.25) is 5.43 Å². The Hall–Kier alpha value is -3.46. The van der Waals surface area contributed by atoms with Crippen LogP contribution in [0.4, 0.5) is 10.2 Å². The van der Waals surface area contributed by atoms with Gasteiger partial charge in [-0.2, -0.15) is 0 Å². The first-order chi connectivity index (χ1) is 15.3. The van der Waals surface area contributed by atoms with Crippen LogP contribution in [0.1, 0.15) is 24.2 Å². The van der Waals surface area contributed by atoms with Crippen LogP contribution in [-0.4, -0.2) is 48.4 Å². The minimum absolute atomic E-state index is 0.0100. The summed E-state index contributed by atoms with van der Waals surface area (Å²) in [4.78, 5) is 31.8. The number of pyridine rings is 2. The van der Waals surface area contributed by atoms with Crippen molar-refractivity contribution >= 4 is 22.8 Å².